The summed E-state index contributed by atoms with van der Waals surface area (Å²) in [5.74, 6) is 1.17. The first-order valence-corrected chi connectivity index (χ1v) is 9.90. The molecule has 0 amide bonds. The van der Waals surface area contributed by atoms with E-state index in [1.807, 2.05) is 37.4 Å². The van der Waals surface area contributed by atoms with Crippen LogP contribution in [-0.2, 0) is 16.1 Å². The van der Waals surface area contributed by atoms with Gasteiger partial charge in [-0.05, 0) is 29.8 Å². The van der Waals surface area contributed by atoms with Crippen molar-refractivity contribution in [1.82, 2.24) is 9.97 Å². The zero-order chi connectivity index (χ0) is 21.6. The summed E-state index contributed by atoms with van der Waals surface area (Å²) in [7, 11) is 3.48. The summed E-state index contributed by atoms with van der Waals surface area (Å²) in [6.45, 7) is 5.80. The third-order valence-corrected chi connectivity index (χ3v) is 4.13. The molecule has 3 N–H and O–H groups in total. The second-order valence-corrected chi connectivity index (χ2v) is 6.58. The predicted molar refractivity (Wildman–Crippen MR) is 125 cm³/mol. The summed E-state index contributed by atoms with van der Waals surface area (Å²) in [6.07, 6.45) is 8.76. The number of anilines is 4. The van der Waals surface area contributed by atoms with E-state index in [4.69, 9.17) is 21.1 Å². The Morgan fingerprint density at radius 2 is 2.17 bits per heavy atom. The van der Waals surface area contributed by atoms with E-state index >= 15 is 0 Å². The number of hydrogen-bond donors (Lipinski definition) is 3. The molecule has 7 nitrogen and oxygen atoms in total. The molecule has 0 atom stereocenters. The van der Waals surface area contributed by atoms with Gasteiger partial charge in [-0.3, -0.25) is 0 Å². The minimum absolute atomic E-state index is 0.504. The zero-order valence-corrected chi connectivity index (χ0v) is 18.1. The van der Waals surface area contributed by atoms with Crippen LogP contribution in [0.3, 0.4) is 0 Å². The highest BCUT2D eigenvalue weighted by atomic mass is 35.5. The standard InChI is InChI=1S/C22H28ClN5O2/c1-4-7-18(23)9-6-11-25-22-26-15-20(24-2)21(28-22)27-19-10-5-8-17(14-19)16-30-13-12-29-3/h4-10,14-15,24H,1,11-13,16H2,2-3H3,(H2,25,26,27,28)/b9-6-,18-7+. The lowest BCUT2D eigenvalue weighted by Crippen LogP contribution is -2.07. The first kappa shape index (κ1) is 23.4. The van der Waals surface area contributed by atoms with Crippen molar-refractivity contribution in [2.24, 2.45) is 0 Å². The molecule has 0 aliphatic carbocycles. The smallest absolute Gasteiger partial charge is 0.225 e. The average molecular weight is 430 g/mol. The number of nitrogens with one attached hydrogen (secondary N) is 3. The number of methoxy groups -OCH3 is 1. The highest BCUT2D eigenvalue weighted by Gasteiger charge is 2.07. The zero-order valence-electron chi connectivity index (χ0n) is 17.3. The first-order valence-electron chi connectivity index (χ1n) is 9.52. The van der Waals surface area contributed by atoms with Gasteiger partial charge in [-0.1, -0.05) is 42.5 Å². The van der Waals surface area contributed by atoms with E-state index in [1.54, 1.807) is 31.5 Å². The van der Waals surface area contributed by atoms with Crippen molar-refractivity contribution in [2.75, 3.05) is 49.9 Å². The lowest BCUT2D eigenvalue weighted by atomic mass is 10.2. The molecule has 0 aliphatic rings. The average Bonchev–Trinajstić information content (AvgIpc) is 2.75. The van der Waals surface area contributed by atoms with Crippen molar-refractivity contribution in [1.29, 1.82) is 0 Å². The molecule has 1 heterocycles. The highest BCUT2D eigenvalue weighted by Crippen LogP contribution is 2.24. The molecule has 0 spiro atoms. The van der Waals surface area contributed by atoms with Crippen LogP contribution in [-0.4, -0.2) is 43.9 Å². The third kappa shape index (κ3) is 8.24. The lowest BCUT2D eigenvalue weighted by molar-refractivity contribution is 0.0617. The quantitative estimate of drug-likeness (QED) is 0.314. The Bertz CT molecular complexity index is 870. The number of rotatable bonds is 13. The molecule has 0 bridgehead atoms. The van der Waals surface area contributed by atoms with E-state index in [2.05, 4.69) is 32.5 Å². The van der Waals surface area contributed by atoms with Crippen molar-refractivity contribution in [3.8, 4) is 0 Å². The molecule has 2 rings (SSSR count). The van der Waals surface area contributed by atoms with E-state index in [9.17, 15) is 0 Å². The van der Waals surface area contributed by atoms with Gasteiger partial charge in [0.15, 0.2) is 5.82 Å². The number of allylic oxidation sites excluding steroid dienone is 4. The summed E-state index contributed by atoms with van der Waals surface area (Å²) >= 11 is 5.99. The molecule has 1 aromatic heterocycles. The Kier molecular flexibility index (Phi) is 10.4. The summed E-state index contributed by atoms with van der Waals surface area (Å²) in [4.78, 5) is 8.89. The van der Waals surface area contributed by atoms with Crippen molar-refractivity contribution >= 4 is 34.7 Å². The molecular formula is C22H28ClN5O2. The number of hydrogen-bond acceptors (Lipinski definition) is 7. The number of ether oxygens (including phenoxy) is 2. The van der Waals surface area contributed by atoms with Crippen molar-refractivity contribution in [2.45, 2.75) is 6.61 Å². The Balaban J connectivity index is 2.03. The second-order valence-electron chi connectivity index (χ2n) is 6.15. The van der Waals surface area contributed by atoms with Crippen molar-refractivity contribution in [3.63, 3.8) is 0 Å². The predicted octanol–water partition coefficient (Wildman–Crippen LogP) is 4.70. The van der Waals surface area contributed by atoms with Crippen molar-refractivity contribution < 1.29 is 9.47 Å². The Hall–Kier alpha value is -2.87. The van der Waals surface area contributed by atoms with Crippen LogP contribution < -0.4 is 16.0 Å². The van der Waals surface area contributed by atoms with Gasteiger partial charge < -0.3 is 25.4 Å². The largest absolute Gasteiger partial charge is 0.384 e. The molecule has 1 aromatic carbocycles. The van der Waals surface area contributed by atoms with Crippen LogP contribution in [0.1, 0.15) is 5.56 Å². The molecule has 8 heteroatoms. The van der Waals surface area contributed by atoms with Gasteiger partial charge in [-0.25, -0.2) is 4.98 Å². The fourth-order valence-electron chi connectivity index (χ4n) is 2.44. The number of nitrogens with zero attached hydrogens (tertiary/aromatic N) is 2. The molecule has 0 saturated carbocycles. The maximum atomic E-state index is 5.99. The van der Waals surface area contributed by atoms with Crippen LogP contribution in [0.25, 0.3) is 0 Å². The van der Waals surface area contributed by atoms with Gasteiger partial charge in [0.2, 0.25) is 5.95 Å². The van der Waals surface area contributed by atoms with Gasteiger partial charge >= 0.3 is 0 Å². The van der Waals surface area contributed by atoms with Crippen LogP contribution >= 0.6 is 11.6 Å². The molecule has 0 fully saturated rings. The van der Waals surface area contributed by atoms with E-state index in [0.717, 1.165) is 16.9 Å². The monoisotopic (exact) mass is 429 g/mol. The van der Waals surface area contributed by atoms with Gasteiger partial charge in [0.1, 0.15) is 0 Å². The summed E-state index contributed by atoms with van der Waals surface area (Å²) in [5.41, 5.74) is 2.75. The van der Waals surface area contributed by atoms with Gasteiger partial charge in [0, 0.05) is 31.4 Å². The van der Waals surface area contributed by atoms with Crippen LogP contribution in [0.5, 0.6) is 0 Å². The number of halogens is 1. The molecule has 30 heavy (non-hydrogen) atoms. The van der Waals surface area contributed by atoms with Gasteiger partial charge in [0.25, 0.3) is 0 Å². The minimum Gasteiger partial charge on any atom is -0.384 e. The fraction of sp³-hybridized carbons (Fsp3) is 0.273. The second kappa shape index (κ2) is 13.4. The normalized spacial score (nSPS) is 11.5. The number of aromatic nitrogens is 2. The molecule has 0 radical (unpaired) electrons. The summed E-state index contributed by atoms with van der Waals surface area (Å²) < 4.78 is 10.6. The molecular weight excluding hydrogens is 402 g/mol. The summed E-state index contributed by atoms with van der Waals surface area (Å²) in [6, 6.07) is 7.99. The maximum Gasteiger partial charge on any atom is 0.225 e. The molecule has 0 saturated heterocycles. The van der Waals surface area contributed by atoms with Gasteiger partial charge in [-0.2, -0.15) is 4.98 Å². The Morgan fingerprint density at radius 1 is 1.30 bits per heavy atom. The van der Waals surface area contributed by atoms with E-state index in [1.165, 1.54) is 0 Å². The molecule has 160 valence electrons. The Labute approximate surface area is 182 Å². The van der Waals surface area contributed by atoms with Crippen LogP contribution in [0.2, 0.25) is 0 Å². The van der Waals surface area contributed by atoms with E-state index in [0.29, 0.717) is 43.2 Å². The first-order chi connectivity index (χ1) is 14.7. The SMILES string of the molecule is C=C/C=C(Cl)\C=C/CNc1ncc(NC)c(Nc2cccc(COCCOC)c2)n1. The van der Waals surface area contributed by atoms with E-state index < -0.39 is 0 Å². The highest BCUT2D eigenvalue weighted by molar-refractivity contribution is 6.31. The molecule has 0 aliphatic heterocycles. The molecule has 2 aromatic rings. The van der Waals surface area contributed by atoms with Crippen molar-refractivity contribution in [3.05, 3.63) is 71.9 Å². The number of benzene rings is 1. The van der Waals surface area contributed by atoms with Gasteiger partial charge in [0.05, 0.1) is 31.7 Å². The lowest BCUT2D eigenvalue weighted by Gasteiger charge is -2.13. The summed E-state index contributed by atoms with van der Waals surface area (Å²) in [5, 5.41) is 10.2. The van der Waals surface area contributed by atoms with Gasteiger partial charge in [-0.15, -0.1) is 0 Å². The molecule has 0 unspecified atom stereocenters. The minimum atomic E-state index is 0.504. The maximum absolute atomic E-state index is 5.99. The Morgan fingerprint density at radius 3 is 2.93 bits per heavy atom. The van der Waals surface area contributed by atoms with E-state index in [-0.39, 0.29) is 0 Å². The van der Waals surface area contributed by atoms with Crippen LogP contribution in [0, 0.1) is 0 Å². The van der Waals surface area contributed by atoms with Crippen LogP contribution in [0.4, 0.5) is 23.1 Å². The topological polar surface area (TPSA) is 80.3 Å². The van der Waals surface area contributed by atoms with Crippen LogP contribution in [0.15, 0.2) is 66.4 Å². The third-order valence-electron chi connectivity index (χ3n) is 3.88. The fourth-order valence-corrected chi connectivity index (χ4v) is 2.62.